The van der Waals surface area contributed by atoms with Crippen molar-refractivity contribution in [3.63, 3.8) is 0 Å². The second-order valence-electron chi connectivity index (χ2n) is 2.75. The van der Waals surface area contributed by atoms with Crippen molar-refractivity contribution in [3.8, 4) is 5.95 Å². The van der Waals surface area contributed by atoms with Crippen molar-refractivity contribution in [1.82, 2.24) is 19.7 Å². The number of aromatic nitrogens is 4. The number of nitrogens with one attached hydrogen (secondary N) is 2. The van der Waals surface area contributed by atoms with Gasteiger partial charge < -0.3 is 9.72 Å². The highest BCUT2D eigenvalue weighted by Crippen LogP contribution is 1.97. The van der Waals surface area contributed by atoms with Gasteiger partial charge in [-0.1, -0.05) is 0 Å². The van der Waals surface area contributed by atoms with Gasteiger partial charge in [0.05, 0.1) is 7.11 Å². The summed E-state index contributed by atoms with van der Waals surface area (Å²) in [5, 5.41) is 2.57. The van der Waals surface area contributed by atoms with Crippen molar-refractivity contribution in [2.45, 2.75) is 0 Å². The van der Waals surface area contributed by atoms with Crippen LogP contribution >= 0.6 is 0 Å². The fourth-order valence-electron chi connectivity index (χ4n) is 1.15. The van der Waals surface area contributed by atoms with Crippen LogP contribution in [0, 0.1) is 0 Å². The highest BCUT2D eigenvalue weighted by molar-refractivity contribution is 5.86. The maximum atomic E-state index is 11.4. The minimum absolute atomic E-state index is 0.0823. The first-order valence-electron chi connectivity index (χ1n) is 4.12. The summed E-state index contributed by atoms with van der Waals surface area (Å²) in [5.74, 6) is -0.285. The SMILES string of the molecule is COC(=O)c1cc(=O)n(-c2ncc[nH]2)[nH]1. The van der Waals surface area contributed by atoms with E-state index in [2.05, 4.69) is 19.8 Å². The average Bonchev–Trinajstić information content (AvgIpc) is 2.84. The van der Waals surface area contributed by atoms with E-state index in [-0.39, 0.29) is 11.3 Å². The number of imidazole rings is 1. The van der Waals surface area contributed by atoms with E-state index >= 15 is 0 Å². The van der Waals surface area contributed by atoms with Gasteiger partial charge in [-0.15, -0.1) is 0 Å². The minimum atomic E-state index is -0.600. The Bertz CT molecular complexity index is 522. The van der Waals surface area contributed by atoms with Gasteiger partial charge in [-0.25, -0.2) is 9.78 Å². The number of carbonyl (C=O) groups excluding carboxylic acids is 1. The number of carbonyl (C=O) groups is 1. The van der Waals surface area contributed by atoms with Gasteiger partial charge in [0.1, 0.15) is 5.69 Å². The first-order chi connectivity index (χ1) is 7.22. The Morgan fingerprint density at radius 2 is 2.40 bits per heavy atom. The second-order valence-corrected chi connectivity index (χ2v) is 2.75. The summed E-state index contributed by atoms with van der Waals surface area (Å²) in [4.78, 5) is 29.1. The summed E-state index contributed by atoms with van der Waals surface area (Å²) < 4.78 is 5.59. The van der Waals surface area contributed by atoms with Crippen LogP contribution in [-0.2, 0) is 4.74 Å². The normalized spacial score (nSPS) is 10.2. The lowest BCUT2D eigenvalue weighted by molar-refractivity contribution is 0.0593. The Morgan fingerprint density at radius 3 is 3.00 bits per heavy atom. The number of methoxy groups -OCH3 is 1. The van der Waals surface area contributed by atoms with Crippen LogP contribution in [0.4, 0.5) is 0 Å². The Morgan fingerprint density at radius 1 is 1.60 bits per heavy atom. The molecule has 0 aromatic carbocycles. The van der Waals surface area contributed by atoms with Gasteiger partial charge in [-0.05, 0) is 0 Å². The fraction of sp³-hybridized carbons (Fsp3) is 0.125. The van der Waals surface area contributed by atoms with E-state index in [0.717, 1.165) is 10.7 Å². The predicted octanol–water partition coefficient (Wildman–Crippen LogP) is -0.325. The van der Waals surface area contributed by atoms with E-state index in [1.165, 1.54) is 13.3 Å². The molecule has 15 heavy (non-hydrogen) atoms. The molecule has 2 heterocycles. The second kappa shape index (κ2) is 3.45. The Kier molecular flexibility index (Phi) is 2.13. The molecule has 0 spiro atoms. The zero-order chi connectivity index (χ0) is 10.8. The molecule has 2 aromatic rings. The molecule has 7 nitrogen and oxygen atoms in total. The molecule has 0 saturated heterocycles. The van der Waals surface area contributed by atoms with Gasteiger partial charge >= 0.3 is 5.97 Å². The third-order valence-corrected chi connectivity index (χ3v) is 1.82. The third-order valence-electron chi connectivity index (χ3n) is 1.82. The number of rotatable bonds is 2. The predicted molar refractivity (Wildman–Crippen MR) is 49.9 cm³/mol. The van der Waals surface area contributed by atoms with Gasteiger partial charge in [-0.3, -0.25) is 9.89 Å². The minimum Gasteiger partial charge on any atom is -0.464 e. The largest absolute Gasteiger partial charge is 0.464 e. The standard InChI is InChI=1S/C8H8N4O3/c1-15-7(14)5-4-6(13)12(11-5)8-9-2-3-10-8/h2-4,11H,1H3,(H,9,10). The molecular weight excluding hydrogens is 200 g/mol. The van der Waals surface area contributed by atoms with E-state index in [9.17, 15) is 9.59 Å². The lowest BCUT2D eigenvalue weighted by Gasteiger charge is -1.95. The summed E-state index contributed by atoms with van der Waals surface area (Å²) in [6.45, 7) is 0. The highest BCUT2D eigenvalue weighted by atomic mass is 16.5. The molecule has 7 heteroatoms. The maximum Gasteiger partial charge on any atom is 0.356 e. The van der Waals surface area contributed by atoms with Crippen molar-refractivity contribution in [1.29, 1.82) is 0 Å². The Balaban J connectivity index is 2.47. The van der Waals surface area contributed by atoms with Crippen LogP contribution in [-0.4, -0.2) is 32.8 Å². The molecule has 0 amide bonds. The number of nitrogens with zero attached hydrogens (tertiary/aromatic N) is 2. The van der Waals surface area contributed by atoms with E-state index in [0.29, 0.717) is 5.95 Å². The molecule has 0 bridgehead atoms. The maximum absolute atomic E-state index is 11.4. The Hall–Kier alpha value is -2.31. The molecule has 0 unspecified atom stereocenters. The molecule has 0 fully saturated rings. The van der Waals surface area contributed by atoms with Gasteiger partial charge in [0, 0.05) is 18.5 Å². The Labute approximate surface area is 83.7 Å². The molecule has 0 saturated carbocycles. The zero-order valence-electron chi connectivity index (χ0n) is 7.85. The molecule has 78 valence electrons. The van der Waals surface area contributed by atoms with E-state index < -0.39 is 5.97 Å². The summed E-state index contributed by atoms with van der Waals surface area (Å²) in [6.07, 6.45) is 3.07. The number of ether oxygens (including phenoxy) is 1. The first-order valence-corrected chi connectivity index (χ1v) is 4.12. The third kappa shape index (κ3) is 1.54. The molecule has 0 aliphatic heterocycles. The van der Waals surface area contributed by atoms with E-state index in [1.54, 1.807) is 6.20 Å². The summed E-state index contributed by atoms with van der Waals surface area (Å²) in [5.41, 5.74) is -0.302. The molecule has 0 radical (unpaired) electrons. The molecule has 2 aromatic heterocycles. The smallest absolute Gasteiger partial charge is 0.356 e. The first kappa shape index (κ1) is 9.25. The van der Waals surface area contributed by atoms with Crippen LogP contribution in [0.2, 0.25) is 0 Å². The molecule has 0 atom stereocenters. The summed E-state index contributed by atoms with van der Waals surface area (Å²) in [6, 6.07) is 1.15. The molecular formula is C8H8N4O3. The average molecular weight is 208 g/mol. The number of hydrogen-bond donors (Lipinski definition) is 2. The van der Waals surface area contributed by atoms with Gasteiger partial charge in [0.25, 0.3) is 5.56 Å². The van der Waals surface area contributed by atoms with Gasteiger partial charge in [0.15, 0.2) is 0 Å². The van der Waals surface area contributed by atoms with Crippen LogP contribution in [0.15, 0.2) is 23.3 Å². The quantitative estimate of drug-likeness (QED) is 0.661. The molecule has 0 aliphatic rings. The van der Waals surface area contributed by atoms with E-state index in [1.807, 2.05) is 0 Å². The molecule has 2 rings (SSSR count). The summed E-state index contributed by atoms with van der Waals surface area (Å²) in [7, 11) is 1.24. The number of aromatic amines is 2. The van der Waals surface area contributed by atoms with Crippen LogP contribution in [0.1, 0.15) is 10.5 Å². The lowest BCUT2D eigenvalue weighted by Crippen LogP contribution is -2.14. The molecule has 0 aliphatic carbocycles. The van der Waals surface area contributed by atoms with Gasteiger partial charge in [0.2, 0.25) is 5.95 Å². The van der Waals surface area contributed by atoms with Crippen molar-refractivity contribution >= 4 is 5.97 Å². The van der Waals surface area contributed by atoms with Crippen LogP contribution < -0.4 is 5.56 Å². The van der Waals surface area contributed by atoms with Crippen LogP contribution in [0.25, 0.3) is 5.95 Å². The highest BCUT2D eigenvalue weighted by Gasteiger charge is 2.12. The van der Waals surface area contributed by atoms with Crippen molar-refractivity contribution in [2.75, 3.05) is 7.11 Å². The number of esters is 1. The fourth-order valence-corrected chi connectivity index (χ4v) is 1.15. The van der Waals surface area contributed by atoms with Crippen molar-refractivity contribution < 1.29 is 9.53 Å². The number of H-pyrrole nitrogens is 2. The summed E-state index contributed by atoms with van der Waals surface area (Å²) >= 11 is 0. The van der Waals surface area contributed by atoms with E-state index in [4.69, 9.17) is 0 Å². The zero-order valence-corrected chi connectivity index (χ0v) is 7.85. The van der Waals surface area contributed by atoms with Crippen molar-refractivity contribution in [3.05, 3.63) is 34.5 Å². The monoisotopic (exact) mass is 208 g/mol. The topological polar surface area (TPSA) is 92.8 Å². The van der Waals surface area contributed by atoms with Gasteiger partial charge in [-0.2, -0.15) is 4.68 Å². The van der Waals surface area contributed by atoms with Crippen LogP contribution in [0.5, 0.6) is 0 Å². The van der Waals surface area contributed by atoms with Crippen LogP contribution in [0.3, 0.4) is 0 Å². The lowest BCUT2D eigenvalue weighted by atomic mass is 10.4. The van der Waals surface area contributed by atoms with Crippen molar-refractivity contribution in [2.24, 2.45) is 0 Å². The number of hydrogen-bond acceptors (Lipinski definition) is 4. The molecule has 2 N–H and O–H groups in total.